The molecular formula is C12H10N2O. The zero-order valence-corrected chi connectivity index (χ0v) is 8.34. The third-order valence-electron chi connectivity index (χ3n) is 2.52. The molecule has 2 aromatic heterocycles. The minimum Gasteiger partial charge on any atom is -0.497 e. The van der Waals surface area contributed by atoms with Gasteiger partial charge in [0, 0.05) is 12.3 Å². The lowest BCUT2D eigenvalue weighted by atomic mass is 10.3. The minimum absolute atomic E-state index is 0.839. The van der Waals surface area contributed by atoms with Crippen LogP contribution in [0.4, 0.5) is 0 Å². The van der Waals surface area contributed by atoms with E-state index >= 15 is 0 Å². The SMILES string of the molecule is COc1ccc2c(c1)nc1ccccn12. The van der Waals surface area contributed by atoms with Gasteiger partial charge in [0.15, 0.2) is 0 Å². The molecule has 0 aliphatic carbocycles. The molecule has 0 atom stereocenters. The summed E-state index contributed by atoms with van der Waals surface area (Å²) in [6.45, 7) is 0. The second kappa shape index (κ2) is 2.98. The number of ether oxygens (including phenoxy) is 1. The van der Waals surface area contributed by atoms with E-state index in [-0.39, 0.29) is 0 Å². The van der Waals surface area contributed by atoms with Crippen molar-refractivity contribution in [3.05, 3.63) is 42.6 Å². The van der Waals surface area contributed by atoms with Crippen molar-refractivity contribution in [2.75, 3.05) is 7.11 Å². The Balaban J connectivity index is 2.43. The number of hydrogen-bond donors (Lipinski definition) is 0. The summed E-state index contributed by atoms with van der Waals surface area (Å²) in [4.78, 5) is 4.51. The highest BCUT2D eigenvalue weighted by atomic mass is 16.5. The fourth-order valence-electron chi connectivity index (χ4n) is 1.78. The van der Waals surface area contributed by atoms with Gasteiger partial charge in [-0.3, -0.25) is 4.40 Å². The van der Waals surface area contributed by atoms with Crippen molar-refractivity contribution in [1.82, 2.24) is 9.38 Å². The van der Waals surface area contributed by atoms with Crippen LogP contribution in [0.1, 0.15) is 0 Å². The van der Waals surface area contributed by atoms with Crippen LogP contribution in [0.2, 0.25) is 0 Å². The van der Waals surface area contributed by atoms with Crippen LogP contribution in [0, 0.1) is 0 Å². The molecular weight excluding hydrogens is 188 g/mol. The van der Waals surface area contributed by atoms with Gasteiger partial charge in [0.05, 0.1) is 18.1 Å². The molecule has 3 aromatic rings. The van der Waals surface area contributed by atoms with Crippen molar-refractivity contribution in [2.45, 2.75) is 0 Å². The molecule has 74 valence electrons. The Morgan fingerprint density at radius 3 is 3.00 bits per heavy atom. The maximum Gasteiger partial charge on any atom is 0.137 e. The van der Waals surface area contributed by atoms with Crippen LogP contribution < -0.4 is 4.74 Å². The molecule has 0 aliphatic heterocycles. The Labute approximate surface area is 86.9 Å². The normalized spacial score (nSPS) is 11.0. The molecule has 0 aliphatic rings. The van der Waals surface area contributed by atoms with Gasteiger partial charge in [0.25, 0.3) is 0 Å². The van der Waals surface area contributed by atoms with E-state index in [1.54, 1.807) is 7.11 Å². The highest BCUT2D eigenvalue weighted by Crippen LogP contribution is 2.21. The lowest BCUT2D eigenvalue weighted by Gasteiger charge is -1.98. The zero-order valence-electron chi connectivity index (χ0n) is 8.34. The van der Waals surface area contributed by atoms with E-state index in [9.17, 15) is 0 Å². The first-order valence-electron chi connectivity index (χ1n) is 4.79. The number of imidazole rings is 1. The number of methoxy groups -OCH3 is 1. The van der Waals surface area contributed by atoms with Crippen molar-refractivity contribution in [2.24, 2.45) is 0 Å². The van der Waals surface area contributed by atoms with Crippen molar-refractivity contribution in [3.63, 3.8) is 0 Å². The quantitative estimate of drug-likeness (QED) is 0.600. The summed E-state index contributed by atoms with van der Waals surface area (Å²) in [5, 5.41) is 0. The molecule has 0 unspecified atom stereocenters. The lowest BCUT2D eigenvalue weighted by molar-refractivity contribution is 0.415. The van der Waals surface area contributed by atoms with Crippen LogP contribution in [0.3, 0.4) is 0 Å². The summed E-state index contributed by atoms with van der Waals surface area (Å²) in [6.07, 6.45) is 2.01. The van der Waals surface area contributed by atoms with Crippen molar-refractivity contribution in [1.29, 1.82) is 0 Å². The number of pyridine rings is 1. The second-order valence-electron chi connectivity index (χ2n) is 3.40. The number of benzene rings is 1. The van der Waals surface area contributed by atoms with E-state index in [1.807, 2.05) is 42.6 Å². The average Bonchev–Trinajstić information content (AvgIpc) is 2.66. The van der Waals surface area contributed by atoms with Gasteiger partial charge in [-0.1, -0.05) is 6.07 Å². The van der Waals surface area contributed by atoms with E-state index in [4.69, 9.17) is 4.74 Å². The molecule has 0 amide bonds. The van der Waals surface area contributed by atoms with E-state index in [2.05, 4.69) is 9.38 Å². The minimum atomic E-state index is 0.839. The molecule has 0 saturated heterocycles. The van der Waals surface area contributed by atoms with Gasteiger partial charge >= 0.3 is 0 Å². The van der Waals surface area contributed by atoms with Gasteiger partial charge < -0.3 is 4.74 Å². The fourth-order valence-corrected chi connectivity index (χ4v) is 1.78. The Morgan fingerprint density at radius 1 is 1.20 bits per heavy atom. The summed E-state index contributed by atoms with van der Waals surface area (Å²) in [5.41, 5.74) is 3.02. The van der Waals surface area contributed by atoms with Gasteiger partial charge in [-0.05, 0) is 24.3 Å². The summed E-state index contributed by atoms with van der Waals surface area (Å²) in [6, 6.07) is 11.9. The maximum absolute atomic E-state index is 5.17. The van der Waals surface area contributed by atoms with Crippen LogP contribution in [-0.2, 0) is 0 Å². The summed E-state index contributed by atoms with van der Waals surface area (Å²) in [5.74, 6) is 0.839. The number of nitrogens with zero attached hydrogens (tertiary/aromatic N) is 2. The van der Waals surface area contributed by atoms with Gasteiger partial charge in [-0.15, -0.1) is 0 Å². The lowest BCUT2D eigenvalue weighted by Crippen LogP contribution is -1.83. The summed E-state index contributed by atoms with van der Waals surface area (Å²) < 4.78 is 7.23. The first-order valence-corrected chi connectivity index (χ1v) is 4.79. The van der Waals surface area contributed by atoms with Gasteiger partial charge in [-0.2, -0.15) is 0 Å². The van der Waals surface area contributed by atoms with Crippen LogP contribution in [0.5, 0.6) is 5.75 Å². The molecule has 3 rings (SSSR count). The maximum atomic E-state index is 5.17. The standard InChI is InChI=1S/C12H10N2O/c1-15-9-5-6-11-10(8-9)13-12-4-2-3-7-14(11)12/h2-8H,1H3. The zero-order chi connectivity index (χ0) is 10.3. The smallest absolute Gasteiger partial charge is 0.137 e. The second-order valence-corrected chi connectivity index (χ2v) is 3.40. The van der Waals surface area contributed by atoms with Gasteiger partial charge in [0.1, 0.15) is 11.4 Å². The molecule has 3 nitrogen and oxygen atoms in total. The predicted molar refractivity (Wildman–Crippen MR) is 59.3 cm³/mol. The third kappa shape index (κ3) is 1.16. The fraction of sp³-hybridized carbons (Fsp3) is 0.0833. The number of rotatable bonds is 1. The topological polar surface area (TPSA) is 26.5 Å². The molecule has 0 fully saturated rings. The highest BCUT2D eigenvalue weighted by molar-refractivity contribution is 5.81. The summed E-state index contributed by atoms with van der Waals surface area (Å²) >= 11 is 0. The van der Waals surface area contributed by atoms with E-state index in [1.165, 1.54) is 0 Å². The molecule has 0 radical (unpaired) electrons. The molecule has 1 aromatic carbocycles. The predicted octanol–water partition coefficient (Wildman–Crippen LogP) is 2.50. The van der Waals surface area contributed by atoms with Crippen LogP contribution >= 0.6 is 0 Å². The number of hydrogen-bond acceptors (Lipinski definition) is 2. The average molecular weight is 198 g/mol. The highest BCUT2D eigenvalue weighted by Gasteiger charge is 2.03. The van der Waals surface area contributed by atoms with E-state index in [0.717, 1.165) is 22.4 Å². The Morgan fingerprint density at radius 2 is 2.13 bits per heavy atom. The van der Waals surface area contributed by atoms with Crippen LogP contribution in [0.25, 0.3) is 16.7 Å². The van der Waals surface area contributed by atoms with E-state index in [0.29, 0.717) is 0 Å². The molecule has 15 heavy (non-hydrogen) atoms. The van der Waals surface area contributed by atoms with Crippen molar-refractivity contribution in [3.8, 4) is 5.75 Å². The molecule has 2 heterocycles. The Bertz CT molecular complexity index is 628. The third-order valence-corrected chi connectivity index (χ3v) is 2.52. The first kappa shape index (κ1) is 8.29. The van der Waals surface area contributed by atoms with Gasteiger partial charge in [0.2, 0.25) is 0 Å². The number of fused-ring (bicyclic) bond motifs is 3. The monoisotopic (exact) mass is 198 g/mol. The first-order chi connectivity index (χ1) is 7.38. The van der Waals surface area contributed by atoms with Crippen molar-refractivity contribution >= 4 is 16.7 Å². The number of aromatic nitrogens is 2. The van der Waals surface area contributed by atoms with Crippen molar-refractivity contribution < 1.29 is 4.74 Å². The Kier molecular flexibility index (Phi) is 1.65. The Hall–Kier alpha value is -2.03. The molecule has 0 bridgehead atoms. The molecule has 0 saturated carbocycles. The van der Waals surface area contributed by atoms with Crippen LogP contribution in [-0.4, -0.2) is 16.5 Å². The molecule has 3 heteroatoms. The largest absolute Gasteiger partial charge is 0.497 e. The van der Waals surface area contributed by atoms with Crippen LogP contribution in [0.15, 0.2) is 42.6 Å². The molecule has 0 N–H and O–H groups in total. The summed E-state index contributed by atoms with van der Waals surface area (Å²) in [7, 11) is 1.66. The van der Waals surface area contributed by atoms with Gasteiger partial charge in [-0.25, -0.2) is 4.98 Å². The molecule has 0 spiro atoms. The van der Waals surface area contributed by atoms with E-state index < -0.39 is 0 Å².